The Labute approximate surface area is 168 Å². The lowest BCUT2D eigenvalue weighted by molar-refractivity contribution is -0.127. The molecule has 10 heteroatoms. The van der Waals surface area contributed by atoms with Crippen molar-refractivity contribution in [3.63, 3.8) is 0 Å². The maximum absolute atomic E-state index is 12.6. The number of imide groups is 1. The first-order chi connectivity index (χ1) is 13.5. The first-order valence-electron chi connectivity index (χ1n) is 9.64. The number of nitrogens with zero attached hydrogens (tertiary/aromatic N) is 6. The van der Waals surface area contributed by atoms with Crippen LogP contribution in [0.3, 0.4) is 0 Å². The molecule has 2 saturated heterocycles. The molecule has 2 unspecified atom stereocenters. The Morgan fingerprint density at radius 1 is 1.25 bits per heavy atom. The van der Waals surface area contributed by atoms with E-state index < -0.39 is 18.2 Å². The number of hydrogen-bond donors (Lipinski definition) is 1. The van der Waals surface area contributed by atoms with E-state index in [0.29, 0.717) is 6.54 Å². The van der Waals surface area contributed by atoms with Gasteiger partial charge < -0.3 is 14.7 Å². The number of aromatic nitrogens is 2. The third-order valence-corrected chi connectivity index (χ3v) is 6.16. The van der Waals surface area contributed by atoms with Crippen LogP contribution in [0.25, 0.3) is 0 Å². The van der Waals surface area contributed by atoms with Crippen molar-refractivity contribution in [1.29, 1.82) is 0 Å². The SMILES string of the molecule is Cc1ccnc(SCCN2C(N3CCCCC3)=NC3C2C(=O)NC(=O)N3C)n1. The van der Waals surface area contributed by atoms with E-state index in [2.05, 4.69) is 25.1 Å². The maximum atomic E-state index is 12.6. The van der Waals surface area contributed by atoms with Crippen LogP contribution in [0.2, 0.25) is 0 Å². The molecule has 0 aliphatic carbocycles. The van der Waals surface area contributed by atoms with E-state index in [9.17, 15) is 9.59 Å². The third-order valence-electron chi connectivity index (χ3n) is 5.31. The molecule has 150 valence electrons. The quantitative estimate of drug-likeness (QED) is 0.590. The summed E-state index contributed by atoms with van der Waals surface area (Å²) in [6.07, 6.45) is 4.74. The normalized spacial score (nSPS) is 24.9. The van der Waals surface area contributed by atoms with Crippen molar-refractivity contribution >= 4 is 29.7 Å². The van der Waals surface area contributed by atoms with E-state index in [-0.39, 0.29) is 5.91 Å². The number of carbonyl (C=O) groups is 2. The number of thioether (sulfide) groups is 1. The molecule has 1 aromatic heterocycles. The van der Waals surface area contributed by atoms with Gasteiger partial charge in [0.1, 0.15) is 0 Å². The molecule has 0 saturated carbocycles. The average molecular weight is 404 g/mol. The molecule has 4 heterocycles. The van der Waals surface area contributed by atoms with E-state index in [4.69, 9.17) is 4.99 Å². The highest BCUT2D eigenvalue weighted by molar-refractivity contribution is 7.99. The van der Waals surface area contributed by atoms with Crippen molar-refractivity contribution in [2.75, 3.05) is 32.4 Å². The Kier molecular flexibility index (Phi) is 5.38. The molecule has 2 fully saturated rings. The van der Waals surface area contributed by atoms with Gasteiger partial charge in [-0.25, -0.2) is 19.8 Å². The standard InChI is InChI=1S/C18H25N7O2S/c1-12-6-7-19-16(20-12)28-11-10-25-13-14(23(2)18(27)22-15(13)26)21-17(25)24-8-4-3-5-9-24/h6-7,13-14H,3-5,8-11H2,1-2H3,(H,22,26,27). The van der Waals surface area contributed by atoms with Crippen LogP contribution in [0.1, 0.15) is 25.0 Å². The zero-order chi connectivity index (χ0) is 19.7. The van der Waals surface area contributed by atoms with Gasteiger partial charge in [0.05, 0.1) is 0 Å². The van der Waals surface area contributed by atoms with E-state index in [0.717, 1.165) is 48.5 Å². The Morgan fingerprint density at radius 3 is 2.79 bits per heavy atom. The fourth-order valence-corrected chi connectivity index (χ4v) is 4.65. The summed E-state index contributed by atoms with van der Waals surface area (Å²) in [7, 11) is 1.69. The second-order valence-corrected chi connectivity index (χ2v) is 8.33. The summed E-state index contributed by atoms with van der Waals surface area (Å²) in [4.78, 5) is 44.0. The molecular formula is C18H25N7O2S. The summed E-state index contributed by atoms with van der Waals surface area (Å²) in [5.74, 6) is 1.28. The lowest BCUT2D eigenvalue weighted by Gasteiger charge is -2.38. The van der Waals surface area contributed by atoms with Gasteiger partial charge in [-0.05, 0) is 32.3 Å². The molecule has 3 amide bonds. The summed E-state index contributed by atoms with van der Waals surface area (Å²) >= 11 is 1.56. The molecule has 28 heavy (non-hydrogen) atoms. The lowest BCUT2D eigenvalue weighted by atomic mass is 10.1. The highest BCUT2D eigenvalue weighted by Crippen LogP contribution is 2.27. The van der Waals surface area contributed by atoms with Gasteiger partial charge in [-0.1, -0.05) is 11.8 Å². The number of carbonyl (C=O) groups excluding carboxylic acids is 2. The van der Waals surface area contributed by atoms with Gasteiger partial charge in [0.25, 0.3) is 5.91 Å². The van der Waals surface area contributed by atoms with Crippen molar-refractivity contribution in [2.45, 2.75) is 43.6 Å². The summed E-state index contributed by atoms with van der Waals surface area (Å²) in [6, 6.07) is 0.992. The van der Waals surface area contributed by atoms with Gasteiger partial charge in [0.15, 0.2) is 23.3 Å². The molecule has 9 nitrogen and oxygen atoms in total. The zero-order valence-corrected chi connectivity index (χ0v) is 17.0. The molecule has 0 spiro atoms. The van der Waals surface area contributed by atoms with Crippen LogP contribution in [-0.4, -0.2) is 87.2 Å². The zero-order valence-electron chi connectivity index (χ0n) is 16.2. The average Bonchev–Trinajstić information content (AvgIpc) is 3.07. The minimum absolute atomic E-state index is 0.277. The van der Waals surface area contributed by atoms with E-state index in [1.165, 1.54) is 11.3 Å². The number of aliphatic imine (C=N–C) groups is 1. The number of rotatable bonds is 4. The fourth-order valence-electron chi connectivity index (χ4n) is 3.84. The van der Waals surface area contributed by atoms with Gasteiger partial charge in [-0.15, -0.1) is 0 Å². The maximum Gasteiger partial charge on any atom is 0.325 e. The molecular weight excluding hydrogens is 378 g/mol. The summed E-state index contributed by atoms with van der Waals surface area (Å²) in [5.41, 5.74) is 0.932. The van der Waals surface area contributed by atoms with Gasteiger partial charge in [-0.3, -0.25) is 10.1 Å². The summed E-state index contributed by atoms with van der Waals surface area (Å²) in [6.45, 7) is 4.44. The largest absolute Gasteiger partial charge is 0.343 e. The first kappa shape index (κ1) is 19.0. The Morgan fingerprint density at radius 2 is 2.04 bits per heavy atom. The number of urea groups is 1. The fraction of sp³-hybridized carbons (Fsp3) is 0.611. The number of fused-ring (bicyclic) bond motifs is 1. The van der Waals surface area contributed by atoms with E-state index in [1.54, 1.807) is 25.0 Å². The van der Waals surface area contributed by atoms with E-state index >= 15 is 0 Å². The first-order valence-corrected chi connectivity index (χ1v) is 10.6. The minimum atomic E-state index is -0.487. The minimum Gasteiger partial charge on any atom is -0.343 e. The molecule has 0 radical (unpaired) electrons. The van der Waals surface area contributed by atoms with Crippen molar-refractivity contribution in [1.82, 2.24) is 30.0 Å². The van der Waals surface area contributed by atoms with Crippen LogP contribution in [0, 0.1) is 6.92 Å². The highest BCUT2D eigenvalue weighted by atomic mass is 32.2. The molecule has 1 N–H and O–H groups in total. The monoisotopic (exact) mass is 403 g/mol. The molecule has 4 rings (SSSR count). The number of likely N-dealkylation sites (tertiary alicyclic amines) is 1. The van der Waals surface area contributed by atoms with Crippen LogP contribution in [0.15, 0.2) is 22.4 Å². The second-order valence-electron chi connectivity index (χ2n) is 7.26. The van der Waals surface area contributed by atoms with Gasteiger partial charge in [0, 0.05) is 44.3 Å². The Bertz CT molecular complexity index is 796. The molecule has 2 atom stereocenters. The predicted octanol–water partition coefficient (Wildman–Crippen LogP) is 0.911. The summed E-state index contributed by atoms with van der Waals surface area (Å²) in [5, 5.41) is 3.18. The second kappa shape index (κ2) is 7.94. The predicted molar refractivity (Wildman–Crippen MR) is 106 cm³/mol. The molecule has 0 aromatic carbocycles. The highest BCUT2D eigenvalue weighted by Gasteiger charge is 2.49. The number of hydrogen-bond acceptors (Lipinski definition) is 8. The van der Waals surface area contributed by atoms with Crippen LogP contribution in [0.5, 0.6) is 0 Å². The molecule has 0 bridgehead atoms. The Hall–Kier alpha value is -2.36. The van der Waals surface area contributed by atoms with Crippen molar-refractivity contribution in [3.8, 4) is 0 Å². The van der Waals surface area contributed by atoms with Crippen LogP contribution >= 0.6 is 11.8 Å². The lowest BCUT2D eigenvalue weighted by Crippen LogP contribution is -2.64. The third kappa shape index (κ3) is 3.65. The summed E-state index contributed by atoms with van der Waals surface area (Å²) < 4.78 is 0. The van der Waals surface area contributed by atoms with Crippen molar-refractivity contribution < 1.29 is 9.59 Å². The van der Waals surface area contributed by atoms with Crippen molar-refractivity contribution in [3.05, 3.63) is 18.0 Å². The number of amides is 3. The van der Waals surface area contributed by atoms with E-state index in [1.807, 2.05) is 13.0 Å². The topological polar surface area (TPSA) is 94.0 Å². The number of nitrogens with one attached hydrogen (secondary N) is 1. The molecule has 1 aromatic rings. The number of likely N-dealkylation sites (N-methyl/N-ethyl adjacent to an activating group) is 1. The number of piperidine rings is 1. The smallest absolute Gasteiger partial charge is 0.325 e. The van der Waals surface area contributed by atoms with Crippen LogP contribution in [-0.2, 0) is 4.79 Å². The van der Waals surface area contributed by atoms with Gasteiger partial charge in [0.2, 0.25) is 0 Å². The van der Waals surface area contributed by atoms with Crippen LogP contribution in [0.4, 0.5) is 4.79 Å². The van der Waals surface area contributed by atoms with Crippen LogP contribution < -0.4 is 5.32 Å². The number of guanidine groups is 1. The molecule has 3 aliphatic heterocycles. The van der Waals surface area contributed by atoms with Gasteiger partial charge >= 0.3 is 6.03 Å². The molecule has 3 aliphatic rings. The number of aryl methyl sites for hydroxylation is 1. The van der Waals surface area contributed by atoms with Crippen molar-refractivity contribution in [2.24, 2.45) is 4.99 Å². The van der Waals surface area contributed by atoms with Gasteiger partial charge in [-0.2, -0.15) is 0 Å². The Balaban J connectivity index is 1.52.